The number of nitrogens with one attached hydrogen (secondary N) is 1. The molecular formula is C18H21N3O5. The number of H-pyrrole nitrogens is 1. The van der Waals surface area contributed by atoms with Gasteiger partial charge in [0.2, 0.25) is 0 Å². The number of hydrogen-bond acceptors (Lipinski definition) is 6. The van der Waals surface area contributed by atoms with Gasteiger partial charge in [0.1, 0.15) is 5.75 Å². The molecule has 0 spiro atoms. The van der Waals surface area contributed by atoms with Crippen molar-refractivity contribution in [2.45, 2.75) is 19.4 Å². The number of esters is 1. The summed E-state index contributed by atoms with van der Waals surface area (Å²) < 4.78 is 4.63. The molecule has 2 aromatic rings. The topological polar surface area (TPSA) is 116 Å². The third kappa shape index (κ3) is 3.70. The monoisotopic (exact) mass is 359 g/mol. The average Bonchev–Trinajstić information content (AvgIpc) is 3.19. The van der Waals surface area contributed by atoms with Crippen molar-refractivity contribution >= 4 is 11.9 Å². The first kappa shape index (κ1) is 17.9. The van der Waals surface area contributed by atoms with Crippen LogP contribution in [0.15, 0.2) is 24.3 Å². The summed E-state index contributed by atoms with van der Waals surface area (Å²) >= 11 is 0. The van der Waals surface area contributed by atoms with Crippen molar-refractivity contribution in [2.75, 3.05) is 20.2 Å². The van der Waals surface area contributed by atoms with Crippen molar-refractivity contribution in [3.05, 3.63) is 46.8 Å². The van der Waals surface area contributed by atoms with E-state index >= 15 is 0 Å². The Morgan fingerprint density at radius 1 is 1.27 bits per heavy atom. The van der Waals surface area contributed by atoms with Crippen LogP contribution in [0.1, 0.15) is 32.1 Å². The largest absolute Gasteiger partial charge is 0.508 e. The van der Waals surface area contributed by atoms with Gasteiger partial charge >= 0.3 is 5.97 Å². The summed E-state index contributed by atoms with van der Waals surface area (Å²) in [5.74, 6) is -1.31. The predicted octanol–water partition coefficient (Wildman–Crippen LogP) is 0.886. The Kier molecular flexibility index (Phi) is 4.94. The van der Waals surface area contributed by atoms with E-state index in [1.165, 1.54) is 30.2 Å². The molecule has 2 heterocycles. The standard InChI is InChI=1S/C18H21N3O5/c1-10-3-14(20-19-10)5-13-8-21(9-16(13)23)17(24)11-4-12(18(25)26-2)7-15(22)6-11/h3-4,6-7,13,16,22-23H,5,8-9H2,1-2H3,(H,19,20)/t13-,16+/m1/s1. The van der Waals surface area contributed by atoms with Crippen molar-refractivity contribution in [1.82, 2.24) is 15.1 Å². The number of benzene rings is 1. The van der Waals surface area contributed by atoms with Gasteiger partial charge in [-0.25, -0.2) is 4.79 Å². The molecule has 1 amide bonds. The lowest BCUT2D eigenvalue weighted by Gasteiger charge is -2.16. The number of likely N-dealkylation sites (tertiary alicyclic amines) is 1. The van der Waals surface area contributed by atoms with Gasteiger partial charge in [0, 0.05) is 30.3 Å². The van der Waals surface area contributed by atoms with E-state index in [-0.39, 0.29) is 35.2 Å². The van der Waals surface area contributed by atoms with Gasteiger partial charge in [-0.2, -0.15) is 5.10 Å². The molecule has 0 saturated carbocycles. The summed E-state index contributed by atoms with van der Waals surface area (Å²) in [6.45, 7) is 2.46. The number of aromatic hydroxyl groups is 1. The number of phenolic OH excluding ortho intramolecular Hbond substituents is 1. The summed E-state index contributed by atoms with van der Waals surface area (Å²) in [5, 5.41) is 27.1. The van der Waals surface area contributed by atoms with E-state index in [1.54, 1.807) is 0 Å². The molecule has 3 N–H and O–H groups in total. The van der Waals surface area contributed by atoms with Crippen molar-refractivity contribution < 1.29 is 24.5 Å². The van der Waals surface area contributed by atoms with E-state index in [1.807, 2.05) is 13.0 Å². The van der Waals surface area contributed by atoms with Gasteiger partial charge in [-0.15, -0.1) is 0 Å². The molecule has 8 heteroatoms. The Labute approximate surface area is 150 Å². The Morgan fingerprint density at radius 2 is 2.00 bits per heavy atom. The number of β-amino-alcohol motifs (C(OH)–C–C–N with tert-alkyl or cyclic N) is 1. The molecule has 8 nitrogen and oxygen atoms in total. The molecule has 1 aromatic heterocycles. The Morgan fingerprint density at radius 3 is 2.65 bits per heavy atom. The lowest BCUT2D eigenvalue weighted by Crippen LogP contribution is -2.29. The fraction of sp³-hybridized carbons (Fsp3) is 0.389. The average molecular weight is 359 g/mol. The Hall–Kier alpha value is -2.87. The number of aliphatic hydroxyl groups is 1. The molecule has 0 bridgehead atoms. The number of carbonyl (C=O) groups is 2. The van der Waals surface area contributed by atoms with Crippen LogP contribution in [0.3, 0.4) is 0 Å². The lowest BCUT2D eigenvalue weighted by molar-refractivity contribution is 0.0600. The number of rotatable bonds is 4. The number of carbonyl (C=O) groups excluding carboxylic acids is 2. The van der Waals surface area contributed by atoms with Gasteiger partial charge in [-0.3, -0.25) is 9.89 Å². The van der Waals surface area contributed by atoms with Crippen LogP contribution in [-0.2, 0) is 11.2 Å². The van der Waals surface area contributed by atoms with Crippen molar-refractivity contribution in [1.29, 1.82) is 0 Å². The Balaban J connectivity index is 1.74. The summed E-state index contributed by atoms with van der Waals surface area (Å²) in [4.78, 5) is 25.9. The van der Waals surface area contributed by atoms with E-state index < -0.39 is 12.1 Å². The van der Waals surface area contributed by atoms with E-state index in [0.717, 1.165) is 11.4 Å². The maximum absolute atomic E-state index is 12.7. The minimum Gasteiger partial charge on any atom is -0.508 e. The zero-order valence-electron chi connectivity index (χ0n) is 14.6. The lowest BCUT2D eigenvalue weighted by atomic mass is 10.00. The summed E-state index contributed by atoms with van der Waals surface area (Å²) in [6.07, 6.45) is -0.101. The first-order valence-electron chi connectivity index (χ1n) is 8.28. The number of nitrogens with zero attached hydrogens (tertiary/aromatic N) is 2. The minimum atomic E-state index is -0.659. The van der Waals surface area contributed by atoms with Gasteiger partial charge in [-0.05, 0) is 37.6 Å². The summed E-state index contributed by atoms with van der Waals surface area (Å²) in [5.41, 5.74) is 2.05. The second-order valence-electron chi connectivity index (χ2n) is 6.54. The van der Waals surface area contributed by atoms with E-state index in [0.29, 0.717) is 13.0 Å². The molecule has 0 unspecified atom stereocenters. The van der Waals surface area contributed by atoms with Gasteiger partial charge in [-0.1, -0.05) is 0 Å². The quantitative estimate of drug-likeness (QED) is 0.698. The summed E-state index contributed by atoms with van der Waals surface area (Å²) in [7, 11) is 1.23. The highest BCUT2D eigenvalue weighted by molar-refractivity contribution is 5.98. The van der Waals surface area contributed by atoms with E-state index in [4.69, 9.17) is 0 Å². The van der Waals surface area contributed by atoms with Crippen LogP contribution in [0.4, 0.5) is 0 Å². The van der Waals surface area contributed by atoms with Gasteiger partial charge in [0.25, 0.3) is 5.91 Å². The number of aromatic nitrogens is 2. The number of ether oxygens (including phenoxy) is 1. The Bertz CT molecular complexity index is 832. The van der Waals surface area contributed by atoms with E-state index in [2.05, 4.69) is 14.9 Å². The van der Waals surface area contributed by atoms with Crippen LogP contribution < -0.4 is 0 Å². The van der Waals surface area contributed by atoms with Crippen LogP contribution in [0.5, 0.6) is 5.75 Å². The number of hydrogen-bond donors (Lipinski definition) is 3. The number of methoxy groups -OCH3 is 1. The molecule has 138 valence electrons. The molecule has 26 heavy (non-hydrogen) atoms. The highest BCUT2D eigenvalue weighted by atomic mass is 16.5. The zero-order valence-corrected chi connectivity index (χ0v) is 14.6. The SMILES string of the molecule is COC(=O)c1cc(O)cc(C(=O)N2C[C@@H](Cc3cc(C)[nH]n3)[C@@H](O)C2)c1. The molecular weight excluding hydrogens is 338 g/mol. The molecule has 3 rings (SSSR count). The second kappa shape index (κ2) is 7.17. The fourth-order valence-electron chi connectivity index (χ4n) is 3.22. The maximum atomic E-state index is 12.7. The van der Waals surface area contributed by atoms with Crippen LogP contribution in [0.2, 0.25) is 0 Å². The molecule has 2 atom stereocenters. The van der Waals surface area contributed by atoms with Gasteiger partial charge < -0.3 is 19.8 Å². The fourth-order valence-corrected chi connectivity index (χ4v) is 3.22. The van der Waals surface area contributed by atoms with Crippen molar-refractivity contribution in [2.24, 2.45) is 5.92 Å². The van der Waals surface area contributed by atoms with Crippen molar-refractivity contribution in [3.63, 3.8) is 0 Å². The summed E-state index contributed by atoms with van der Waals surface area (Å²) in [6, 6.07) is 5.83. The zero-order chi connectivity index (χ0) is 18.8. The molecule has 1 fully saturated rings. The second-order valence-corrected chi connectivity index (χ2v) is 6.54. The number of aryl methyl sites for hydroxylation is 1. The predicted molar refractivity (Wildman–Crippen MR) is 91.9 cm³/mol. The van der Waals surface area contributed by atoms with Gasteiger partial charge in [0.05, 0.1) is 24.5 Å². The first-order chi connectivity index (χ1) is 12.4. The third-order valence-electron chi connectivity index (χ3n) is 4.51. The number of amides is 1. The van der Waals surface area contributed by atoms with Crippen LogP contribution >= 0.6 is 0 Å². The highest BCUT2D eigenvalue weighted by Gasteiger charge is 2.35. The third-order valence-corrected chi connectivity index (χ3v) is 4.51. The molecule has 1 aliphatic heterocycles. The highest BCUT2D eigenvalue weighted by Crippen LogP contribution is 2.24. The number of aliphatic hydroxyl groups excluding tert-OH is 1. The molecule has 1 aliphatic rings. The van der Waals surface area contributed by atoms with Gasteiger partial charge in [0.15, 0.2) is 0 Å². The van der Waals surface area contributed by atoms with Crippen LogP contribution in [-0.4, -0.2) is 63.5 Å². The smallest absolute Gasteiger partial charge is 0.338 e. The van der Waals surface area contributed by atoms with E-state index in [9.17, 15) is 19.8 Å². The molecule has 1 aromatic carbocycles. The normalized spacial score (nSPS) is 19.6. The number of aromatic amines is 1. The van der Waals surface area contributed by atoms with Crippen LogP contribution in [0, 0.1) is 12.8 Å². The first-order valence-corrected chi connectivity index (χ1v) is 8.28. The number of phenols is 1. The maximum Gasteiger partial charge on any atom is 0.338 e. The minimum absolute atomic E-state index is 0.0964. The van der Waals surface area contributed by atoms with Crippen LogP contribution in [0.25, 0.3) is 0 Å². The molecule has 0 aliphatic carbocycles. The molecule has 1 saturated heterocycles. The van der Waals surface area contributed by atoms with Crippen molar-refractivity contribution in [3.8, 4) is 5.75 Å². The molecule has 0 radical (unpaired) electrons.